The van der Waals surface area contributed by atoms with E-state index >= 15 is 0 Å². The number of hydrogen-bond acceptors (Lipinski definition) is 2. The molecule has 1 aliphatic heterocycles. The molecule has 1 saturated heterocycles. The Morgan fingerprint density at radius 1 is 1.00 bits per heavy atom. The lowest BCUT2D eigenvalue weighted by Gasteiger charge is -2.29. The van der Waals surface area contributed by atoms with Crippen LogP contribution in [0.1, 0.15) is 50.2 Å². The summed E-state index contributed by atoms with van der Waals surface area (Å²) in [6.45, 7) is 13.2. The highest BCUT2D eigenvalue weighted by atomic mass is 16.1. The van der Waals surface area contributed by atoms with Crippen LogP contribution in [-0.4, -0.2) is 49.3 Å². The highest BCUT2D eigenvalue weighted by molar-refractivity contribution is 6.03. The molecule has 1 aromatic carbocycles. The Kier molecular flexibility index (Phi) is 5.92. The molecule has 0 radical (unpaired) electrons. The second-order valence-electron chi connectivity index (χ2n) is 7.88. The minimum Gasteiger partial charge on any atom is -0.355 e. The second-order valence-corrected chi connectivity index (χ2v) is 7.88. The summed E-state index contributed by atoms with van der Waals surface area (Å²) in [6, 6.07) is 8.58. The van der Waals surface area contributed by atoms with E-state index in [0.717, 1.165) is 44.0 Å². The van der Waals surface area contributed by atoms with E-state index in [0.29, 0.717) is 17.8 Å². The number of piperazine rings is 1. The van der Waals surface area contributed by atoms with Gasteiger partial charge in [-0.15, -0.1) is 0 Å². The summed E-state index contributed by atoms with van der Waals surface area (Å²) in [5.41, 5.74) is 5.65. The molecule has 5 heteroatoms. The number of H-pyrrole nitrogens is 1. The van der Waals surface area contributed by atoms with Crippen molar-refractivity contribution in [3.63, 3.8) is 0 Å². The van der Waals surface area contributed by atoms with Gasteiger partial charge in [-0.2, -0.15) is 0 Å². The number of aryl methyl sites for hydroxylation is 2. The molecule has 2 aromatic rings. The number of nitrogens with one attached hydrogen (secondary N) is 3. The van der Waals surface area contributed by atoms with E-state index in [1.807, 2.05) is 13.8 Å². The van der Waals surface area contributed by atoms with Crippen molar-refractivity contribution in [2.24, 2.45) is 0 Å². The largest absolute Gasteiger partial charge is 0.355 e. The van der Waals surface area contributed by atoms with Crippen LogP contribution in [0.25, 0.3) is 0 Å². The maximum absolute atomic E-state index is 12.8. The van der Waals surface area contributed by atoms with E-state index in [1.54, 1.807) is 11.8 Å². The van der Waals surface area contributed by atoms with Gasteiger partial charge in [-0.3, -0.25) is 9.59 Å². The zero-order valence-corrected chi connectivity index (χ0v) is 16.9. The maximum atomic E-state index is 12.8. The van der Waals surface area contributed by atoms with Gasteiger partial charge in [-0.1, -0.05) is 24.3 Å². The lowest BCUT2D eigenvalue weighted by Crippen LogP contribution is -3.27. The molecule has 27 heavy (non-hydrogen) atoms. The van der Waals surface area contributed by atoms with Gasteiger partial charge >= 0.3 is 0 Å². The van der Waals surface area contributed by atoms with Gasteiger partial charge in [0.2, 0.25) is 5.78 Å². The van der Waals surface area contributed by atoms with Crippen LogP contribution in [0.5, 0.6) is 0 Å². The first kappa shape index (κ1) is 19.5. The molecular formula is C22H31N3O2+2. The van der Waals surface area contributed by atoms with Crippen molar-refractivity contribution in [3.8, 4) is 0 Å². The number of carbonyl (C=O) groups excluding carboxylic acids is 2. The van der Waals surface area contributed by atoms with Crippen LogP contribution in [0.15, 0.2) is 24.3 Å². The minimum atomic E-state index is 0.0149. The van der Waals surface area contributed by atoms with Crippen LogP contribution in [-0.2, 0) is 6.54 Å². The van der Waals surface area contributed by atoms with Gasteiger partial charge in [-0.25, -0.2) is 0 Å². The summed E-state index contributed by atoms with van der Waals surface area (Å²) in [6.07, 6.45) is 0. The van der Waals surface area contributed by atoms with Crippen LogP contribution < -0.4 is 9.80 Å². The summed E-state index contributed by atoms with van der Waals surface area (Å²) in [5.74, 6) is 0.126. The van der Waals surface area contributed by atoms with Crippen molar-refractivity contribution in [1.29, 1.82) is 0 Å². The highest BCUT2D eigenvalue weighted by Crippen LogP contribution is 2.18. The maximum Gasteiger partial charge on any atom is 0.233 e. The van der Waals surface area contributed by atoms with E-state index in [-0.39, 0.29) is 11.6 Å². The van der Waals surface area contributed by atoms with Crippen molar-refractivity contribution < 1.29 is 19.4 Å². The highest BCUT2D eigenvalue weighted by Gasteiger charge is 2.27. The fourth-order valence-electron chi connectivity index (χ4n) is 4.26. The van der Waals surface area contributed by atoms with Gasteiger partial charge < -0.3 is 14.8 Å². The number of aromatic amines is 1. The van der Waals surface area contributed by atoms with E-state index in [1.165, 1.54) is 16.0 Å². The predicted molar refractivity (Wildman–Crippen MR) is 106 cm³/mol. The molecule has 5 nitrogen and oxygen atoms in total. The molecule has 1 fully saturated rings. The fourth-order valence-corrected chi connectivity index (χ4v) is 4.26. The van der Waals surface area contributed by atoms with Crippen molar-refractivity contribution in [3.05, 3.63) is 57.9 Å². The average molecular weight is 370 g/mol. The fraction of sp³-hybridized carbons (Fsp3) is 0.455. The number of aromatic nitrogens is 1. The molecule has 0 amide bonds. The van der Waals surface area contributed by atoms with Crippen LogP contribution >= 0.6 is 0 Å². The van der Waals surface area contributed by atoms with E-state index in [4.69, 9.17) is 0 Å². The van der Waals surface area contributed by atoms with Crippen LogP contribution in [0.4, 0.5) is 0 Å². The number of benzene rings is 1. The van der Waals surface area contributed by atoms with E-state index in [9.17, 15) is 9.59 Å². The average Bonchev–Trinajstić information content (AvgIpc) is 2.93. The first-order valence-corrected chi connectivity index (χ1v) is 9.81. The van der Waals surface area contributed by atoms with Gasteiger partial charge in [0, 0.05) is 16.8 Å². The Morgan fingerprint density at radius 2 is 1.63 bits per heavy atom. The summed E-state index contributed by atoms with van der Waals surface area (Å²) in [7, 11) is 0. The lowest BCUT2D eigenvalue weighted by molar-refractivity contribution is -1.01. The van der Waals surface area contributed by atoms with Crippen LogP contribution in [0.2, 0.25) is 0 Å². The number of ketones is 2. The topological polar surface area (TPSA) is 58.8 Å². The Hall–Kier alpha value is -2.24. The first-order chi connectivity index (χ1) is 12.9. The van der Waals surface area contributed by atoms with Crippen molar-refractivity contribution in [1.82, 2.24) is 4.98 Å². The summed E-state index contributed by atoms with van der Waals surface area (Å²) in [5, 5.41) is 0. The summed E-state index contributed by atoms with van der Waals surface area (Å²) < 4.78 is 0. The van der Waals surface area contributed by atoms with Gasteiger partial charge in [-0.05, 0) is 38.8 Å². The monoisotopic (exact) mass is 369 g/mol. The van der Waals surface area contributed by atoms with Gasteiger partial charge in [0.25, 0.3) is 0 Å². The number of rotatable bonds is 6. The SMILES string of the molecule is CC(=O)c1c(C)[nH]c(C(=O)C[NH+]2CC[NH+](Cc3ccccc3C)CC2)c1C. The third kappa shape index (κ3) is 4.37. The molecule has 1 aliphatic rings. The smallest absolute Gasteiger partial charge is 0.233 e. The first-order valence-electron chi connectivity index (χ1n) is 9.81. The molecule has 0 spiro atoms. The molecule has 0 aliphatic carbocycles. The van der Waals surface area contributed by atoms with Gasteiger partial charge in [0.05, 0.1) is 5.69 Å². The van der Waals surface area contributed by atoms with Crippen molar-refractivity contribution in [2.75, 3.05) is 32.7 Å². The molecule has 1 aromatic heterocycles. The zero-order chi connectivity index (χ0) is 19.6. The third-order valence-electron chi connectivity index (χ3n) is 5.84. The summed E-state index contributed by atoms with van der Waals surface area (Å²) in [4.78, 5) is 30.6. The lowest BCUT2D eigenvalue weighted by atomic mass is 10.0. The molecule has 144 valence electrons. The Labute approximate surface area is 161 Å². The van der Waals surface area contributed by atoms with Crippen molar-refractivity contribution >= 4 is 11.6 Å². The van der Waals surface area contributed by atoms with Gasteiger partial charge in [0.1, 0.15) is 39.3 Å². The number of quaternary nitrogens is 2. The number of carbonyl (C=O) groups is 2. The van der Waals surface area contributed by atoms with Crippen molar-refractivity contribution in [2.45, 2.75) is 34.2 Å². The standard InChI is InChI=1S/C22H29N3O2/c1-15-7-5-6-8-19(15)13-24-9-11-25(12-10-24)14-20(27)22-16(2)21(18(4)26)17(3)23-22/h5-8,23H,9-14H2,1-4H3/p+2. The summed E-state index contributed by atoms with van der Waals surface area (Å²) >= 11 is 0. The molecule has 0 saturated carbocycles. The normalized spacial score (nSPS) is 19.9. The predicted octanol–water partition coefficient (Wildman–Crippen LogP) is 0.309. The Bertz CT molecular complexity index is 845. The molecule has 0 atom stereocenters. The molecule has 3 N–H and O–H groups in total. The van der Waals surface area contributed by atoms with E-state index in [2.05, 4.69) is 36.2 Å². The van der Waals surface area contributed by atoms with Crippen LogP contribution in [0.3, 0.4) is 0 Å². The molecule has 0 unspecified atom stereocenters. The number of hydrogen-bond donors (Lipinski definition) is 3. The minimum absolute atomic E-state index is 0.0149. The Balaban J connectivity index is 1.56. The molecule has 3 rings (SSSR count). The van der Waals surface area contributed by atoms with E-state index < -0.39 is 0 Å². The quantitative estimate of drug-likeness (QED) is 0.642. The third-order valence-corrected chi connectivity index (χ3v) is 5.84. The number of Topliss-reactive ketones (excluding diaryl/α,β-unsaturated/α-hetero) is 2. The van der Waals surface area contributed by atoms with Crippen LogP contribution in [0, 0.1) is 20.8 Å². The molecule has 2 heterocycles. The molecular weight excluding hydrogens is 338 g/mol. The second kappa shape index (κ2) is 8.19. The zero-order valence-electron chi connectivity index (χ0n) is 16.9. The van der Waals surface area contributed by atoms with Gasteiger partial charge in [0.15, 0.2) is 5.78 Å². The molecule has 0 bridgehead atoms. The Morgan fingerprint density at radius 3 is 2.22 bits per heavy atom.